The summed E-state index contributed by atoms with van der Waals surface area (Å²) in [5.74, 6) is 2.05. The van der Waals surface area contributed by atoms with Crippen molar-refractivity contribution in [3.05, 3.63) is 47.5 Å². The van der Waals surface area contributed by atoms with E-state index in [1.165, 1.54) is 0 Å². The van der Waals surface area contributed by atoms with Gasteiger partial charge in [-0.05, 0) is 75.0 Å². The highest BCUT2D eigenvalue weighted by Gasteiger charge is 2.21. The third kappa shape index (κ3) is 9.14. The van der Waals surface area contributed by atoms with Crippen LogP contribution >= 0.6 is 0 Å². The number of carbonyl (C=O) groups excluding carboxylic acids is 1. The molecule has 0 fully saturated rings. The lowest BCUT2D eigenvalue weighted by atomic mass is 9.92. The topological polar surface area (TPSA) is 90.2 Å². The number of nitriles is 1. The van der Waals surface area contributed by atoms with Gasteiger partial charge in [-0.3, -0.25) is 4.90 Å². The SMILES string of the molecule is CCCC(C#N)CCC(c1ccc(OCC(=O)OCC)c(OC)c1)N(C)CCc1ccc(OC)c(OC)c1. The van der Waals surface area contributed by atoms with Crippen LogP contribution in [0.25, 0.3) is 0 Å². The van der Waals surface area contributed by atoms with Crippen LogP contribution in [0.4, 0.5) is 0 Å². The van der Waals surface area contributed by atoms with Gasteiger partial charge in [-0.2, -0.15) is 5.26 Å². The summed E-state index contributed by atoms with van der Waals surface area (Å²) < 4.78 is 27.0. The Balaban J connectivity index is 2.24. The van der Waals surface area contributed by atoms with Crippen molar-refractivity contribution in [2.24, 2.45) is 5.92 Å². The normalized spacial score (nSPS) is 12.4. The van der Waals surface area contributed by atoms with Crippen molar-refractivity contribution in [1.29, 1.82) is 5.26 Å². The summed E-state index contributed by atoms with van der Waals surface area (Å²) in [7, 11) is 6.95. The van der Waals surface area contributed by atoms with E-state index in [9.17, 15) is 10.1 Å². The molecule has 0 aliphatic carbocycles. The number of likely N-dealkylation sites (N-methyl/N-ethyl adjacent to an activating group) is 1. The molecule has 0 amide bonds. The number of nitrogens with zero attached hydrogens (tertiary/aromatic N) is 2. The molecule has 0 aliphatic heterocycles. The summed E-state index contributed by atoms with van der Waals surface area (Å²) in [4.78, 5) is 14.1. The molecule has 8 heteroatoms. The predicted molar refractivity (Wildman–Crippen MR) is 147 cm³/mol. The fraction of sp³-hybridized carbons (Fsp3) is 0.533. The third-order valence-corrected chi connectivity index (χ3v) is 6.56. The van der Waals surface area contributed by atoms with E-state index in [4.69, 9.17) is 23.7 Å². The summed E-state index contributed by atoms with van der Waals surface area (Å²) in [5, 5.41) is 9.62. The molecule has 0 N–H and O–H groups in total. The van der Waals surface area contributed by atoms with Gasteiger partial charge in [-0.1, -0.05) is 25.5 Å². The molecular formula is C30H42N2O6. The minimum atomic E-state index is -0.426. The molecule has 0 radical (unpaired) electrons. The van der Waals surface area contributed by atoms with Crippen molar-refractivity contribution in [3.8, 4) is 29.1 Å². The zero-order valence-corrected chi connectivity index (χ0v) is 23.6. The van der Waals surface area contributed by atoms with E-state index in [2.05, 4.69) is 31.0 Å². The van der Waals surface area contributed by atoms with Crippen molar-refractivity contribution in [2.75, 3.05) is 48.1 Å². The van der Waals surface area contributed by atoms with E-state index < -0.39 is 5.97 Å². The van der Waals surface area contributed by atoms with E-state index in [1.54, 1.807) is 28.3 Å². The van der Waals surface area contributed by atoms with Crippen LogP contribution in [-0.2, 0) is 16.0 Å². The maximum Gasteiger partial charge on any atom is 0.344 e. The largest absolute Gasteiger partial charge is 0.493 e. The Bertz CT molecular complexity index is 1050. The first-order valence-electron chi connectivity index (χ1n) is 13.2. The second-order valence-electron chi connectivity index (χ2n) is 9.13. The van der Waals surface area contributed by atoms with Crippen LogP contribution in [0.2, 0.25) is 0 Å². The van der Waals surface area contributed by atoms with Crippen LogP contribution in [0.1, 0.15) is 56.7 Å². The van der Waals surface area contributed by atoms with Crippen LogP contribution in [0, 0.1) is 17.2 Å². The Morgan fingerprint density at radius 3 is 2.24 bits per heavy atom. The molecule has 0 spiro atoms. The molecule has 0 heterocycles. The molecule has 38 heavy (non-hydrogen) atoms. The molecule has 0 saturated heterocycles. The molecule has 2 atom stereocenters. The zero-order valence-electron chi connectivity index (χ0n) is 23.6. The summed E-state index contributed by atoms with van der Waals surface area (Å²) in [6.07, 6.45) is 4.33. The van der Waals surface area contributed by atoms with Crippen molar-refractivity contribution < 1.29 is 28.5 Å². The lowest BCUT2D eigenvalue weighted by Crippen LogP contribution is -2.27. The van der Waals surface area contributed by atoms with E-state index in [0.29, 0.717) is 29.6 Å². The number of benzene rings is 2. The zero-order chi connectivity index (χ0) is 27.9. The molecule has 2 unspecified atom stereocenters. The number of ether oxygens (including phenoxy) is 5. The fourth-order valence-electron chi connectivity index (χ4n) is 4.47. The van der Waals surface area contributed by atoms with Crippen molar-refractivity contribution in [2.45, 2.75) is 52.0 Å². The molecule has 2 aromatic rings. The van der Waals surface area contributed by atoms with Gasteiger partial charge in [0, 0.05) is 18.5 Å². The summed E-state index contributed by atoms with van der Waals surface area (Å²) in [5.41, 5.74) is 2.21. The molecule has 0 aromatic heterocycles. The van der Waals surface area contributed by atoms with Crippen molar-refractivity contribution in [3.63, 3.8) is 0 Å². The Morgan fingerprint density at radius 2 is 1.61 bits per heavy atom. The summed E-state index contributed by atoms with van der Waals surface area (Å²) >= 11 is 0. The number of hydrogen-bond acceptors (Lipinski definition) is 8. The van der Waals surface area contributed by atoms with E-state index in [0.717, 1.165) is 49.8 Å². The maximum atomic E-state index is 11.7. The molecule has 2 rings (SSSR count). The predicted octanol–water partition coefficient (Wildman–Crippen LogP) is 5.59. The van der Waals surface area contributed by atoms with E-state index in [-0.39, 0.29) is 18.6 Å². The van der Waals surface area contributed by atoms with Gasteiger partial charge in [0.25, 0.3) is 0 Å². The Kier molecular flexibility index (Phi) is 13.3. The molecule has 0 aliphatic rings. The summed E-state index contributed by atoms with van der Waals surface area (Å²) in [6.45, 7) is 4.79. The van der Waals surface area contributed by atoms with Gasteiger partial charge in [0.1, 0.15) is 0 Å². The van der Waals surface area contributed by atoms with Crippen molar-refractivity contribution >= 4 is 5.97 Å². The molecule has 0 bridgehead atoms. The lowest BCUT2D eigenvalue weighted by Gasteiger charge is -2.30. The minimum Gasteiger partial charge on any atom is -0.493 e. The van der Waals surface area contributed by atoms with Crippen LogP contribution in [0.15, 0.2) is 36.4 Å². The fourth-order valence-corrected chi connectivity index (χ4v) is 4.47. The first-order valence-corrected chi connectivity index (χ1v) is 13.2. The molecular weight excluding hydrogens is 484 g/mol. The van der Waals surface area contributed by atoms with Gasteiger partial charge in [0.2, 0.25) is 0 Å². The van der Waals surface area contributed by atoms with Crippen LogP contribution < -0.4 is 18.9 Å². The number of rotatable bonds is 17. The number of methoxy groups -OCH3 is 3. The van der Waals surface area contributed by atoms with Crippen LogP contribution in [0.5, 0.6) is 23.0 Å². The second kappa shape index (κ2) is 16.4. The Labute approximate surface area is 227 Å². The van der Waals surface area contributed by atoms with Gasteiger partial charge >= 0.3 is 5.97 Å². The standard InChI is InChI=1S/C30H42N2O6/c1-7-9-23(20-31)10-13-25(32(3)17-16-22-11-14-26(34-4)28(18-22)35-5)24-12-15-27(29(19-24)36-6)38-21-30(33)37-8-2/h11-12,14-15,18-19,23,25H,7-10,13,16-17,21H2,1-6H3. The Morgan fingerprint density at radius 1 is 0.921 bits per heavy atom. The van der Waals surface area contributed by atoms with Crippen LogP contribution in [-0.4, -0.2) is 59.0 Å². The highest BCUT2D eigenvalue weighted by atomic mass is 16.6. The second-order valence-corrected chi connectivity index (χ2v) is 9.13. The van der Waals surface area contributed by atoms with Gasteiger partial charge in [-0.25, -0.2) is 4.79 Å². The van der Waals surface area contributed by atoms with Gasteiger partial charge in [-0.15, -0.1) is 0 Å². The highest BCUT2D eigenvalue weighted by molar-refractivity contribution is 5.71. The molecule has 8 nitrogen and oxygen atoms in total. The molecule has 208 valence electrons. The first kappa shape index (κ1) is 30.8. The lowest BCUT2D eigenvalue weighted by molar-refractivity contribution is -0.145. The Hall–Kier alpha value is -3.44. The van der Waals surface area contributed by atoms with Crippen molar-refractivity contribution in [1.82, 2.24) is 4.90 Å². The smallest absolute Gasteiger partial charge is 0.344 e. The average Bonchev–Trinajstić information content (AvgIpc) is 2.94. The van der Waals surface area contributed by atoms with Gasteiger partial charge in [0.15, 0.2) is 29.6 Å². The maximum absolute atomic E-state index is 11.7. The first-order chi connectivity index (χ1) is 18.4. The molecule has 0 saturated carbocycles. The monoisotopic (exact) mass is 526 g/mol. The number of carbonyl (C=O) groups is 1. The number of hydrogen-bond donors (Lipinski definition) is 0. The van der Waals surface area contributed by atoms with Gasteiger partial charge in [0.05, 0.1) is 34.0 Å². The van der Waals surface area contributed by atoms with Gasteiger partial charge < -0.3 is 23.7 Å². The number of esters is 1. The van der Waals surface area contributed by atoms with Crippen LogP contribution in [0.3, 0.4) is 0 Å². The van der Waals surface area contributed by atoms with E-state index in [1.807, 2.05) is 30.3 Å². The quantitative estimate of drug-likeness (QED) is 0.246. The minimum absolute atomic E-state index is 0.0239. The highest BCUT2D eigenvalue weighted by Crippen LogP contribution is 2.35. The van der Waals surface area contributed by atoms with E-state index >= 15 is 0 Å². The summed E-state index contributed by atoms with van der Waals surface area (Å²) in [6, 6.07) is 14.3. The third-order valence-electron chi connectivity index (χ3n) is 6.56. The molecule has 2 aromatic carbocycles. The average molecular weight is 527 g/mol.